The summed E-state index contributed by atoms with van der Waals surface area (Å²) < 4.78 is 10.7. The van der Waals surface area contributed by atoms with Crippen molar-refractivity contribution in [2.24, 2.45) is 0 Å². The van der Waals surface area contributed by atoms with Crippen LogP contribution in [0.3, 0.4) is 0 Å². The Balaban J connectivity index is 1.68. The Morgan fingerprint density at radius 2 is 2.15 bits per heavy atom. The van der Waals surface area contributed by atoms with Crippen molar-refractivity contribution in [3.8, 4) is 5.75 Å². The average Bonchev–Trinajstić information content (AvgIpc) is 2.99. The first-order valence-corrected chi connectivity index (χ1v) is 6.57. The van der Waals surface area contributed by atoms with Gasteiger partial charge in [-0.3, -0.25) is 4.79 Å². The summed E-state index contributed by atoms with van der Waals surface area (Å²) in [4.78, 5) is 11.9. The number of rotatable bonds is 3. The first kappa shape index (κ1) is 12.5. The van der Waals surface area contributed by atoms with Gasteiger partial charge < -0.3 is 14.5 Å². The summed E-state index contributed by atoms with van der Waals surface area (Å²) in [5.41, 5.74) is 1.03. The minimum atomic E-state index is -0.136. The van der Waals surface area contributed by atoms with Crippen LogP contribution < -0.4 is 10.1 Å². The summed E-state index contributed by atoms with van der Waals surface area (Å²) in [5, 5.41) is 2.99. The van der Waals surface area contributed by atoms with Crippen molar-refractivity contribution >= 4 is 12.0 Å². The third kappa shape index (κ3) is 2.74. The highest BCUT2D eigenvalue weighted by molar-refractivity contribution is 5.91. The minimum absolute atomic E-state index is 0.00583. The molecule has 102 valence electrons. The van der Waals surface area contributed by atoms with E-state index in [1.807, 2.05) is 24.3 Å². The van der Waals surface area contributed by atoms with E-state index in [1.54, 1.807) is 24.5 Å². The van der Waals surface area contributed by atoms with Crippen LogP contribution in [0.2, 0.25) is 0 Å². The molecule has 1 aromatic heterocycles. The van der Waals surface area contributed by atoms with Crippen LogP contribution in [0.1, 0.15) is 23.8 Å². The molecule has 0 spiro atoms. The minimum Gasteiger partial charge on any atom is -0.493 e. The number of furan rings is 1. The number of hydrogen-bond acceptors (Lipinski definition) is 3. The van der Waals surface area contributed by atoms with Crippen LogP contribution in [-0.4, -0.2) is 12.5 Å². The number of nitrogens with one attached hydrogen (secondary N) is 1. The molecular weight excluding hydrogens is 254 g/mol. The van der Waals surface area contributed by atoms with Crippen LogP contribution in [0, 0.1) is 0 Å². The highest BCUT2D eigenvalue weighted by Gasteiger charge is 2.21. The van der Waals surface area contributed by atoms with Gasteiger partial charge in [-0.2, -0.15) is 0 Å². The monoisotopic (exact) mass is 269 g/mol. The molecular formula is C16H15NO3. The summed E-state index contributed by atoms with van der Waals surface area (Å²) in [6.45, 7) is 0.615. The third-order valence-electron chi connectivity index (χ3n) is 3.22. The fourth-order valence-corrected chi connectivity index (χ4v) is 2.26. The Morgan fingerprint density at radius 1 is 1.25 bits per heavy atom. The zero-order valence-electron chi connectivity index (χ0n) is 10.9. The second kappa shape index (κ2) is 5.65. The van der Waals surface area contributed by atoms with E-state index in [9.17, 15) is 4.79 Å². The number of fused-ring (bicyclic) bond motifs is 1. The van der Waals surface area contributed by atoms with Gasteiger partial charge in [0.25, 0.3) is 0 Å². The van der Waals surface area contributed by atoms with Gasteiger partial charge in [-0.1, -0.05) is 18.2 Å². The average molecular weight is 269 g/mol. The molecule has 0 aliphatic carbocycles. The number of hydrogen-bond donors (Lipinski definition) is 1. The zero-order valence-corrected chi connectivity index (χ0v) is 10.9. The first-order valence-electron chi connectivity index (χ1n) is 6.57. The second-order valence-corrected chi connectivity index (χ2v) is 4.58. The Kier molecular flexibility index (Phi) is 3.54. The number of carbonyl (C=O) groups excluding carboxylic acids is 1. The molecule has 0 radical (unpaired) electrons. The van der Waals surface area contributed by atoms with Crippen molar-refractivity contribution in [2.45, 2.75) is 12.5 Å². The van der Waals surface area contributed by atoms with Gasteiger partial charge in [0.05, 0.1) is 18.9 Å². The quantitative estimate of drug-likeness (QED) is 0.872. The molecule has 4 nitrogen and oxygen atoms in total. The van der Waals surface area contributed by atoms with Crippen LogP contribution in [-0.2, 0) is 4.79 Å². The van der Waals surface area contributed by atoms with Gasteiger partial charge in [0, 0.05) is 18.1 Å². The summed E-state index contributed by atoms with van der Waals surface area (Å²) in [7, 11) is 0. The number of ether oxygens (including phenoxy) is 1. The Morgan fingerprint density at radius 3 is 3.00 bits per heavy atom. The van der Waals surface area contributed by atoms with Gasteiger partial charge in [-0.05, 0) is 24.3 Å². The van der Waals surface area contributed by atoms with Crippen LogP contribution in [0.25, 0.3) is 6.08 Å². The van der Waals surface area contributed by atoms with Crippen LogP contribution >= 0.6 is 0 Å². The van der Waals surface area contributed by atoms with E-state index in [1.165, 1.54) is 6.08 Å². The highest BCUT2D eigenvalue weighted by Crippen LogP contribution is 2.31. The van der Waals surface area contributed by atoms with Crippen molar-refractivity contribution < 1.29 is 13.9 Å². The van der Waals surface area contributed by atoms with E-state index in [4.69, 9.17) is 9.15 Å². The smallest absolute Gasteiger partial charge is 0.244 e. The number of amides is 1. The van der Waals surface area contributed by atoms with E-state index in [0.29, 0.717) is 12.4 Å². The van der Waals surface area contributed by atoms with Crippen LogP contribution in [0.5, 0.6) is 5.75 Å². The van der Waals surface area contributed by atoms with Crippen LogP contribution in [0.4, 0.5) is 0 Å². The highest BCUT2D eigenvalue weighted by atomic mass is 16.5. The number of para-hydroxylation sites is 1. The molecule has 2 heterocycles. The molecule has 1 amide bonds. The fourth-order valence-electron chi connectivity index (χ4n) is 2.26. The van der Waals surface area contributed by atoms with Crippen molar-refractivity contribution in [3.63, 3.8) is 0 Å². The molecule has 1 N–H and O–H groups in total. The first-order chi connectivity index (χ1) is 9.83. The van der Waals surface area contributed by atoms with E-state index < -0.39 is 0 Å². The Labute approximate surface area is 117 Å². The third-order valence-corrected chi connectivity index (χ3v) is 3.22. The van der Waals surface area contributed by atoms with E-state index in [2.05, 4.69) is 5.32 Å². The van der Waals surface area contributed by atoms with Gasteiger partial charge >= 0.3 is 0 Å². The van der Waals surface area contributed by atoms with Crippen molar-refractivity contribution in [2.75, 3.05) is 6.61 Å². The molecule has 3 rings (SSSR count). The summed E-state index contributed by atoms with van der Waals surface area (Å²) in [6, 6.07) is 11.4. The lowest BCUT2D eigenvalue weighted by Gasteiger charge is -2.26. The van der Waals surface area contributed by atoms with Gasteiger partial charge in [-0.25, -0.2) is 0 Å². The SMILES string of the molecule is O=C(C=Cc1ccco1)NC1CCOc2ccccc21. The van der Waals surface area contributed by atoms with Gasteiger partial charge in [-0.15, -0.1) is 0 Å². The molecule has 0 saturated heterocycles. The lowest BCUT2D eigenvalue weighted by atomic mass is 10.0. The molecule has 1 atom stereocenters. The molecule has 0 saturated carbocycles. The second-order valence-electron chi connectivity index (χ2n) is 4.58. The van der Waals surface area contributed by atoms with Crippen molar-refractivity contribution in [1.29, 1.82) is 0 Å². The summed E-state index contributed by atoms with van der Waals surface area (Å²) in [5.74, 6) is 1.37. The largest absolute Gasteiger partial charge is 0.493 e. The lowest BCUT2D eigenvalue weighted by molar-refractivity contribution is -0.117. The number of carbonyl (C=O) groups is 1. The summed E-state index contributed by atoms with van der Waals surface area (Å²) in [6.07, 6.45) is 5.49. The maximum atomic E-state index is 11.9. The van der Waals surface area contributed by atoms with E-state index in [0.717, 1.165) is 17.7 Å². The molecule has 1 unspecified atom stereocenters. The molecule has 0 fully saturated rings. The van der Waals surface area contributed by atoms with Crippen molar-refractivity contribution in [3.05, 3.63) is 60.1 Å². The van der Waals surface area contributed by atoms with Crippen molar-refractivity contribution in [1.82, 2.24) is 5.32 Å². The molecule has 0 bridgehead atoms. The predicted molar refractivity (Wildman–Crippen MR) is 75.2 cm³/mol. The molecule has 1 aliphatic rings. The summed E-state index contributed by atoms with van der Waals surface area (Å²) >= 11 is 0. The normalized spacial score (nSPS) is 17.5. The Bertz CT molecular complexity index is 616. The van der Waals surface area contributed by atoms with Crippen LogP contribution in [0.15, 0.2) is 53.2 Å². The standard InChI is InChI=1S/C16H15NO3/c18-16(8-7-12-4-3-10-19-12)17-14-9-11-20-15-6-2-1-5-13(14)15/h1-8,10,14H,9,11H2,(H,17,18). The molecule has 1 aromatic carbocycles. The zero-order chi connectivity index (χ0) is 13.8. The van der Waals surface area contributed by atoms with Gasteiger partial charge in [0.2, 0.25) is 5.91 Å². The molecule has 20 heavy (non-hydrogen) atoms. The maximum Gasteiger partial charge on any atom is 0.244 e. The fraction of sp³-hybridized carbons (Fsp3) is 0.188. The van der Waals surface area contributed by atoms with E-state index >= 15 is 0 Å². The van der Waals surface area contributed by atoms with Gasteiger partial charge in [0.15, 0.2) is 0 Å². The molecule has 2 aromatic rings. The van der Waals surface area contributed by atoms with Gasteiger partial charge in [0.1, 0.15) is 11.5 Å². The maximum absolute atomic E-state index is 11.9. The number of benzene rings is 1. The lowest BCUT2D eigenvalue weighted by Crippen LogP contribution is -2.30. The molecule has 1 aliphatic heterocycles. The Hall–Kier alpha value is -2.49. The predicted octanol–water partition coefficient (Wildman–Crippen LogP) is 2.93. The topological polar surface area (TPSA) is 51.5 Å². The molecule has 4 heteroatoms. The van der Waals surface area contributed by atoms with E-state index in [-0.39, 0.29) is 11.9 Å².